The van der Waals surface area contributed by atoms with E-state index in [2.05, 4.69) is 10.0 Å². The van der Waals surface area contributed by atoms with Gasteiger partial charge in [-0.1, -0.05) is 17.7 Å². The van der Waals surface area contributed by atoms with Gasteiger partial charge in [-0.3, -0.25) is 9.52 Å². The molecule has 30 heavy (non-hydrogen) atoms. The van der Waals surface area contributed by atoms with E-state index in [1.54, 1.807) is 0 Å². The molecule has 0 saturated heterocycles. The number of halogens is 4. The SMILES string of the molecule is O=C(Cc1c(F)cccc1Cl)Nc1ccc(NS(=O)(=O)c2ccc(F)c(F)c2)cc1. The molecule has 3 rings (SSSR count). The van der Waals surface area contributed by atoms with Gasteiger partial charge in [0.25, 0.3) is 10.0 Å². The van der Waals surface area contributed by atoms with Crippen LogP contribution in [0.25, 0.3) is 0 Å². The first-order valence-electron chi connectivity index (χ1n) is 8.46. The van der Waals surface area contributed by atoms with Crippen LogP contribution in [0, 0.1) is 17.5 Å². The number of carbonyl (C=O) groups excluding carboxylic acids is 1. The minimum Gasteiger partial charge on any atom is -0.326 e. The summed E-state index contributed by atoms with van der Waals surface area (Å²) in [6.45, 7) is 0. The number of amides is 1. The van der Waals surface area contributed by atoms with E-state index in [1.165, 1.54) is 42.5 Å². The molecule has 10 heteroatoms. The van der Waals surface area contributed by atoms with Crippen molar-refractivity contribution in [2.75, 3.05) is 10.0 Å². The molecule has 0 spiro atoms. The van der Waals surface area contributed by atoms with Crippen LogP contribution in [0.1, 0.15) is 5.56 Å². The van der Waals surface area contributed by atoms with E-state index in [0.29, 0.717) is 17.8 Å². The first-order chi connectivity index (χ1) is 14.2. The highest BCUT2D eigenvalue weighted by Gasteiger charge is 2.17. The van der Waals surface area contributed by atoms with Crippen LogP contribution in [0.3, 0.4) is 0 Å². The number of hydrogen-bond acceptors (Lipinski definition) is 3. The van der Waals surface area contributed by atoms with Crippen LogP contribution < -0.4 is 10.0 Å². The summed E-state index contributed by atoms with van der Waals surface area (Å²) in [5, 5.41) is 2.68. The fourth-order valence-corrected chi connectivity index (χ4v) is 3.85. The lowest BCUT2D eigenvalue weighted by molar-refractivity contribution is -0.115. The molecule has 0 unspecified atom stereocenters. The molecule has 0 saturated carbocycles. The van der Waals surface area contributed by atoms with Gasteiger partial charge in [0.2, 0.25) is 5.91 Å². The number of carbonyl (C=O) groups is 1. The van der Waals surface area contributed by atoms with Crippen molar-refractivity contribution in [1.29, 1.82) is 0 Å². The average Bonchev–Trinajstić information content (AvgIpc) is 2.68. The Balaban J connectivity index is 1.67. The highest BCUT2D eigenvalue weighted by molar-refractivity contribution is 7.92. The van der Waals surface area contributed by atoms with Gasteiger partial charge in [-0.25, -0.2) is 21.6 Å². The van der Waals surface area contributed by atoms with Crippen LogP contribution in [0.5, 0.6) is 0 Å². The lowest BCUT2D eigenvalue weighted by Crippen LogP contribution is -2.16. The van der Waals surface area contributed by atoms with Crippen molar-refractivity contribution >= 4 is 38.9 Å². The fourth-order valence-electron chi connectivity index (χ4n) is 2.55. The zero-order valence-electron chi connectivity index (χ0n) is 15.1. The maximum atomic E-state index is 13.8. The van der Waals surface area contributed by atoms with Crippen molar-refractivity contribution < 1.29 is 26.4 Å². The zero-order valence-corrected chi connectivity index (χ0v) is 16.7. The molecule has 0 aliphatic carbocycles. The first kappa shape index (κ1) is 21.7. The number of anilines is 2. The average molecular weight is 455 g/mol. The molecule has 0 aliphatic heterocycles. The Labute approximate surface area is 175 Å². The Bertz CT molecular complexity index is 1180. The summed E-state index contributed by atoms with van der Waals surface area (Å²) in [4.78, 5) is 11.7. The van der Waals surface area contributed by atoms with E-state index < -0.39 is 38.3 Å². The van der Waals surface area contributed by atoms with Crippen LogP contribution in [0.15, 0.2) is 65.6 Å². The minimum absolute atomic E-state index is 0.0626. The third-order valence-electron chi connectivity index (χ3n) is 4.02. The Kier molecular flexibility index (Phi) is 6.33. The second-order valence-electron chi connectivity index (χ2n) is 6.18. The van der Waals surface area contributed by atoms with Crippen molar-refractivity contribution in [1.82, 2.24) is 0 Å². The number of rotatable bonds is 6. The molecule has 0 heterocycles. The summed E-state index contributed by atoms with van der Waals surface area (Å²) in [7, 11) is -4.14. The predicted octanol–water partition coefficient (Wildman–Crippen LogP) is 4.74. The van der Waals surface area contributed by atoms with E-state index in [1.807, 2.05) is 0 Å². The van der Waals surface area contributed by atoms with Gasteiger partial charge >= 0.3 is 0 Å². The topological polar surface area (TPSA) is 75.3 Å². The Morgan fingerprint density at radius 2 is 1.53 bits per heavy atom. The molecule has 5 nitrogen and oxygen atoms in total. The Morgan fingerprint density at radius 1 is 0.867 bits per heavy atom. The Morgan fingerprint density at radius 3 is 2.17 bits per heavy atom. The van der Waals surface area contributed by atoms with E-state index in [9.17, 15) is 26.4 Å². The summed E-state index contributed by atoms with van der Waals surface area (Å²) in [6, 6.07) is 11.9. The number of nitrogens with one attached hydrogen (secondary N) is 2. The van der Waals surface area contributed by atoms with Crippen LogP contribution in [-0.2, 0) is 21.2 Å². The molecule has 0 atom stereocenters. The highest BCUT2D eigenvalue weighted by atomic mass is 35.5. The second kappa shape index (κ2) is 8.76. The highest BCUT2D eigenvalue weighted by Crippen LogP contribution is 2.22. The van der Waals surface area contributed by atoms with Gasteiger partial charge in [0.05, 0.1) is 11.3 Å². The molecule has 0 radical (unpaired) electrons. The van der Waals surface area contributed by atoms with E-state index >= 15 is 0 Å². The molecule has 0 bridgehead atoms. The Hall–Kier alpha value is -3.04. The molecule has 156 valence electrons. The third-order valence-corrected chi connectivity index (χ3v) is 5.75. The van der Waals surface area contributed by atoms with Crippen molar-refractivity contribution in [3.63, 3.8) is 0 Å². The largest absolute Gasteiger partial charge is 0.326 e. The van der Waals surface area contributed by atoms with Crippen LogP contribution in [-0.4, -0.2) is 14.3 Å². The standard InChI is InChI=1S/C20H14ClF3N2O3S/c21-16-2-1-3-17(22)15(16)11-20(27)25-12-4-6-13(7-5-12)26-30(28,29)14-8-9-18(23)19(24)10-14/h1-10,26H,11H2,(H,25,27). The van der Waals surface area contributed by atoms with Crippen molar-refractivity contribution in [2.24, 2.45) is 0 Å². The fraction of sp³-hybridized carbons (Fsp3) is 0.0500. The summed E-state index contributed by atoms with van der Waals surface area (Å²) in [6.07, 6.45) is -0.282. The number of benzene rings is 3. The minimum atomic E-state index is -4.14. The summed E-state index contributed by atoms with van der Waals surface area (Å²) >= 11 is 5.90. The smallest absolute Gasteiger partial charge is 0.261 e. The van der Waals surface area contributed by atoms with Gasteiger partial charge in [0.1, 0.15) is 5.82 Å². The molecule has 1 amide bonds. The van der Waals surface area contributed by atoms with Crippen LogP contribution in [0.4, 0.5) is 24.5 Å². The van der Waals surface area contributed by atoms with Crippen molar-refractivity contribution in [2.45, 2.75) is 11.3 Å². The molecule has 3 aromatic rings. The molecule has 0 aliphatic rings. The van der Waals surface area contributed by atoms with Crippen LogP contribution in [0.2, 0.25) is 5.02 Å². The van der Waals surface area contributed by atoms with E-state index in [0.717, 1.165) is 6.07 Å². The zero-order chi connectivity index (χ0) is 21.9. The molecule has 2 N–H and O–H groups in total. The van der Waals surface area contributed by atoms with Crippen molar-refractivity contribution in [3.05, 3.63) is 88.7 Å². The maximum Gasteiger partial charge on any atom is 0.261 e. The van der Waals surface area contributed by atoms with Gasteiger partial charge in [-0.15, -0.1) is 0 Å². The first-order valence-corrected chi connectivity index (χ1v) is 10.3. The van der Waals surface area contributed by atoms with Gasteiger partial charge in [0, 0.05) is 22.0 Å². The predicted molar refractivity (Wildman–Crippen MR) is 107 cm³/mol. The molecular formula is C20H14ClF3N2O3S. The van der Waals surface area contributed by atoms with Gasteiger partial charge in [0.15, 0.2) is 11.6 Å². The number of sulfonamides is 1. The summed E-state index contributed by atoms with van der Waals surface area (Å²) in [5.74, 6) is -3.56. The van der Waals surface area contributed by atoms with Gasteiger partial charge in [-0.2, -0.15) is 0 Å². The van der Waals surface area contributed by atoms with Gasteiger partial charge < -0.3 is 5.32 Å². The molecular weight excluding hydrogens is 441 g/mol. The van der Waals surface area contributed by atoms with Crippen molar-refractivity contribution in [3.8, 4) is 0 Å². The molecule has 0 fully saturated rings. The monoisotopic (exact) mass is 454 g/mol. The normalized spacial score (nSPS) is 11.2. The lowest BCUT2D eigenvalue weighted by Gasteiger charge is -2.10. The quantitative estimate of drug-likeness (QED) is 0.565. The van der Waals surface area contributed by atoms with E-state index in [4.69, 9.17) is 11.6 Å². The lowest BCUT2D eigenvalue weighted by atomic mass is 10.1. The second-order valence-corrected chi connectivity index (χ2v) is 8.27. The van der Waals surface area contributed by atoms with E-state index in [-0.39, 0.29) is 22.7 Å². The number of hydrogen-bond donors (Lipinski definition) is 2. The summed E-state index contributed by atoms with van der Waals surface area (Å²) < 4.78 is 66.8. The maximum absolute atomic E-state index is 13.8. The van der Waals surface area contributed by atoms with Crippen LogP contribution >= 0.6 is 11.6 Å². The molecule has 0 aromatic heterocycles. The molecule has 3 aromatic carbocycles. The third kappa shape index (κ3) is 5.11. The summed E-state index contributed by atoms with van der Waals surface area (Å²) in [5.41, 5.74) is 0.533. The van der Waals surface area contributed by atoms with Gasteiger partial charge in [-0.05, 0) is 54.6 Å².